The van der Waals surface area contributed by atoms with Gasteiger partial charge in [0.25, 0.3) is 0 Å². The Bertz CT molecular complexity index is 304. The van der Waals surface area contributed by atoms with Crippen LogP contribution in [0, 0.1) is 13.8 Å². The van der Waals surface area contributed by atoms with Crippen LogP contribution in [0.1, 0.15) is 29.3 Å². The van der Waals surface area contributed by atoms with E-state index < -0.39 is 0 Å². The molecule has 0 fully saturated rings. The Hall–Kier alpha value is -0.830. The zero-order valence-electron chi connectivity index (χ0n) is 8.31. The van der Waals surface area contributed by atoms with Gasteiger partial charge in [0.05, 0.1) is 0 Å². The van der Waals surface area contributed by atoms with Gasteiger partial charge < -0.3 is 5.32 Å². The van der Waals surface area contributed by atoms with Gasteiger partial charge in [0, 0.05) is 17.8 Å². The van der Waals surface area contributed by atoms with Gasteiger partial charge in [-0.25, -0.2) is 0 Å². The zero-order valence-corrected chi connectivity index (χ0v) is 9.12. The molecule has 3 heteroatoms. The van der Waals surface area contributed by atoms with Crippen LogP contribution in [0.5, 0.6) is 0 Å². The molecule has 0 aromatic carbocycles. The maximum Gasteiger partial charge on any atom is 0.219 e. The van der Waals surface area contributed by atoms with E-state index in [-0.39, 0.29) is 5.91 Å². The fourth-order valence-electron chi connectivity index (χ4n) is 1.06. The molecule has 0 aliphatic rings. The quantitative estimate of drug-likeness (QED) is 0.792. The molecule has 2 nitrogen and oxygen atoms in total. The van der Waals surface area contributed by atoms with Crippen molar-refractivity contribution in [3.05, 3.63) is 21.4 Å². The molecular formula is C10H15NOS. The zero-order chi connectivity index (χ0) is 9.84. The minimum Gasteiger partial charge on any atom is -0.352 e. The Morgan fingerprint density at radius 3 is 2.69 bits per heavy atom. The van der Waals surface area contributed by atoms with E-state index in [0.717, 1.165) is 0 Å². The van der Waals surface area contributed by atoms with Crippen LogP contribution in [0.15, 0.2) is 5.38 Å². The lowest BCUT2D eigenvalue weighted by molar-refractivity contribution is -0.120. The molecule has 1 rings (SSSR count). The number of thiophene rings is 1. The summed E-state index contributed by atoms with van der Waals surface area (Å²) >= 11 is 1.74. The highest BCUT2D eigenvalue weighted by Gasteiger charge is 2.04. The highest BCUT2D eigenvalue weighted by molar-refractivity contribution is 7.10. The van der Waals surface area contributed by atoms with Gasteiger partial charge in [-0.15, -0.1) is 11.3 Å². The number of carbonyl (C=O) groups is 1. The first-order chi connectivity index (χ1) is 6.15. The number of rotatable bonds is 3. The average molecular weight is 197 g/mol. The summed E-state index contributed by atoms with van der Waals surface area (Å²) in [5.41, 5.74) is 2.55. The van der Waals surface area contributed by atoms with Gasteiger partial charge in [-0.05, 0) is 30.4 Å². The van der Waals surface area contributed by atoms with Crippen LogP contribution in [0.3, 0.4) is 0 Å². The Morgan fingerprint density at radius 2 is 2.23 bits per heavy atom. The van der Waals surface area contributed by atoms with Crippen LogP contribution < -0.4 is 5.32 Å². The van der Waals surface area contributed by atoms with E-state index in [1.54, 1.807) is 11.3 Å². The van der Waals surface area contributed by atoms with Gasteiger partial charge in [0.15, 0.2) is 0 Å². The molecule has 0 aliphatic carbocycles. The van der Waals surface area contributed by atoms with Gasteiger partial charge in [0.1, 0.15) is 0 Å². The van der Waals surface area contributed by atoms with Gasteiger partial charge in [-0.2, -0.15) is 0 Å². The van der Waals surface area contributed by atoms with Crippen LogP contribution in [-0.2, 0) is 11.3 Å². The van der Waals surface area contributed by atoms with Crippen molar-refractivity contribution >= 4 is 17.2 Å². The van der Waals surface area contributed by atoms with E-state index >= 15 is 0 Å². The second-order valence-corrected chi connectivity index (χ2v) is 4.16. The van der Waals surface area contributed by atoms with Crippen molar-refractivity contribution in [1.29, 1.82) is 0 Å². The van der Waals surface area contributed by atoms with Crippen LogP contribution >= 0.6 is 11.3 Å². The molecule has 1 N–H and O–H groups in total. The van der Waals surface area contributed by atoms with Gasteiger partial charge in [-0.1, -0.05) is 6.92 Å². The predicted octanol–water partition coefficient (Wildman–Crippen LogP) is 2.39. The molecule has 72 valence electrons. The van der Waals surface area contributed by atoms with Crippen molar-refractivity contribution in [3.63, 3.8) is 0 Å². The first-order valence-corrected chi connectivity index (χ1v) is 5.33. The number of nitrogens with one attached hydrogen (secondary N) is 1. The lowest BCUT2D eigenvalue weighted by Gasteiger charge is -2.02. The third-order valence-corrected chi connectivity index (χ3v) is 3.25. The SMILES string of the molecule is CCC(=O)NCc1csc(C)c1C. The van der Waals surface area contributed by atoms with E-state index in [1.807, 2.05) is 6.92 Å². The molecule has 0 aliphatic heterocycles. The third-order valence-electron chi connectivity index (χ3n) is 2.18. The van der Waals surface area contributed by atoms with E-state index in [1.165, 1.54) is 16.0 Å². The van der Waals surface area contributed by atoms with Crippen molar-refractivity contribution in [2.45, 2.75) is 33.7 Å². The molecule has 0 atom stereocenters. The fourth-order valence-corrected chi connectivity index (χ4v) is 1.94. The summed E-state index contributed by atoms with van der Waals surface area (Å²) in [6, 6.07) is 0. The van der Waals surface area contributed by atoms with E-state index in [4.69, 9.17) is 0 Å². The summed E-state index contributed by atoms with van der Waals surface area (Å²) in [6.45, 7) is 6.73. The lowest BCUT2D eigenvalue weighted by Crippen LogP contribution is -2.21. The van der Waals surface area contributed by atoms with Crippen molar-refractivity contribution in [1.82, 2.24) is 5.32 Å². The highest BCUT2D eigenvalue weighted by Crippen LogP contribution is 2.19. The highest BCUT2D eigenvalue weighted by atomic mass is 32.1. The maximum absolute atomic E-state index is 11.0. The Labute approximate surface area is 83.0 Å². The smallest absolute Gasteiger partial charge is 0.219 e. The predicted molar refractivity (Wildman–Crippen MR) is 55.9 cm³/mol. The standard InChI is InChI=1S/C10H15NOS/c1-4-10(12)11-5-9-6-13-8(3)7(9)2/h6H,4-5H2,1-3H3,(H,11,12). The van der Waals surface area contributed by atoms with Crippen molar-refractivity contribution in [2.24, 2.45) is 0 Å². The minimum atomic E-state index is 0.114. The molecule has 0 spiro atoms. The largest absolute Gasteiger partial charge is 0.352 e. The fraction of sp³-hybridized carbons (Fsp3) is 0.500. The minimum absolute atomic E-state index is 0.114. The second-order valence-electron chi connectivity index (χ2n) is 3.07. The number of hydrogen-bond acceptors (Lipinski definition) is 2. The maximum atomic E-state index is 11.0. The normalized spacial score (nSPS) is 10.1. The van der Waals surface area contributed by atoms with Crippen LogP contribution in [0.4, 0.5) is 0 Å². The Kier molecular flexibility index (Phi) is 3.48. The summed E-state index contributed by atoms with van der Waals surface area (Å²) in [4.78, 5) is 12.3. The molecule has 1 aromatic rings. The number of hydrogen-bond donors (Lipinski definition) is 1. The number of aryl methyl sites for hydroxylation is 1. The van der Waals surface area contributed by atoms with Crippen LogP contribution in [-0.4, -0.2) is 5.91 Å². The summed E-state index contributed by atoms with van der Waals surface area (Å²) in [6.07, 6.45) is 0.558. The van der Waals surface area contributed by atoms with Gasteiger partial charge in [0.2, 0.25) is 5.91 Å². The first-order valence-electron chi connectivity index (χ1n) is 4.45. The Morgan fingerprint density at radius 1 is 1.54 bits per heavy atom. The average Bonchev–Trinajstić information content (AvgIpc) is 2.44. The van der Waals surface area contributed by atoms with Crippen LogP contribution in [0.25, 0.3) is 0 Å². The van der Waals surface area contributed by atoms with E-state index in [2.05, 4.69) is 24.5 Å². The summed E-state index contributed by atoms with van der Waals surface area (Å²) in [5, 5.41) is 4.98. The van der Waals surface area contributed by atoms with Crippen molar-refractivity contribution < 1.29 is 4.79 Å². The molecule has 0 radical (unpaired) electrons. The molecule has 1 heterocycles. The van der Waals surface area contributed by atoms with Gasteiger partial charge >= 0.3 is 0 Å². The molecule has 0 saturated heterocycles. The topological polar surface area (TPSA) is 29.1 Å². The first kappa shape index (κ1) is 10.3. The Balaban J connectivity index is 2.55. The molecule has 0 bridgehead atoms. The number of carbonyl (C=O) groups excluding carboxylic acids is 1. The van der Waals surface area contributed by atoms with Crippen LogP contribution in [0.2, 0.25) is 0 Å². The van der Waals surface area contributed by atoms with E-state index in [9.17, 15) is 4.79 Å². The molecule has 1 amide bonds. The number of amides is 1. The van der Waals surface area contributed by atoms with E-state index in [0.29, 0.717) is 13.0 Å². The summed E-state index contributed by atoms with van der Waals surface area (Å²) < 4.78 is 0. The molecule has 0 unspecified atom stereocenters. The molecule has 1 aromatic heterocycles. The van der Waals surface area contributed by atoms with Gasteiger partial charge in [-0.3, -0.25) is 4.79 Å². The molecular weight excluding hydrogens is 182 g/mol. The lowest BCUT2D eigenvalue weighted by atomic mass is 10.2. The van der Waals surface area contributed by atoms with Crippen molar-refractivity contribution in [3.8, 4) is 0 Å². The van der Waals surface area contributed by atoms with Crippen molar-refractivity contribution in [2.75, 3.05) is 0 Å². The third kappa shape index (κ3) is 2.56. The monoisotopic (exact) mass is 197 g/mol. The molecule has 13 heavy (non-hydrogen) atoms. The summed E-state index contributed by atoms with van der Waals surface area (Å²) in [5.74, 6) is 0.114. The second kappa shape index (κ2) is 4.42. The molecule has 0 saturated carbocycles. The summed E-state index contributed by atoms with van der Waals surface area (Å²) in [7, 11) is 0.